The lowest BCUT2D eigenvalue weighted by Crippen LogP contribution is -2.40. The Labute approximate surface area is 149 Å². The lowest BCUT2D eigenvalue weighted by Gasteiger charge is -2.26. The Morgan fingerprint density at radius 1 is 1.04 bits per heavy atom. The summed E-state index contributed by atoms with van der Waals surface area (Å²) in [6.07, 6.45) is 2.46. The SMILES string of the molecule is O=C(NCCN1CCCC1)c1ccc(S(=O)(=O)N2CCOCC2)cc1. The molecule has 1 aromatic carbocycles. The summed E-state index contributed by atoms with van der Waals surface area (Å²) in [5.74, 6) is -0.172. The highest BCUT2D eigenvalue weighted by molar-refractivity contribution is 7.89. The molecule has 2 aliphatic heterocycles. The average molecular weight is 367 g/mol. The van der Waals surface area contributed by atoms with Crippen molar-refractivity contribution in [3.05, 3.63) is 29.8 Å². The lowest BCUT2D eigenvalue weighted by molar-refractivity contribution is 0.0730. The number of rotatable bonds is 6. The van der Waals surface area contributed by atoms with Gasteiger partial charge in [0.25, 0.3) is 5.91 Å². The Balaban J connectivity index is 1.56. The molecule has 0 aromatic heterocycles. The Morgan fingerprint density at radius 3 is 2.32 bits per heavy atom. The van der Waals surface area contributed by atoms with Crippen molar-refractivity contribution < 1.29 is 17.9 Å². The van der Waals surface area contributed by atoms with E-state index in [1.54, 1.807) is 12.1 Å². The zero-order valence-corrected chi connectivity index (χ0v) is 15.1. The van der Waals surface area contributed by atoms with E-state index in [1.807, 2.05) is 0 Å². The molecule has 0 spiro atoms. The van der Waals surface area contributed by atoms with Gasteiger partial charge in [-0.2, -0.15) is 4.31 Å². The van der Waals surface area contributed by atoms with Crippen LogP contribution in [0.15, 0.2) is 29.2 Å². The highest BCUT2D eigenvalue weighted by atomic mass is 32.2. The van der Waals surface area contributed by atoms with Crippen LogP contribution < -0.4 is 5.32 Å². The lowest BCUT2D eigenvalue weighted by atomic mass is 10.2. The molecule has 3 rings (SSSR count). The number of carbonyl (C=O) groups is 1. The molecule has 0 bridgehead atoms. The van der Waals surface area contributed by atoms with E-state index in [0.717, 1.165) is 19.6 Å². The van der Waals surface area contributed by atoms with Crippen molar-refractivity contribution in [2.45, 2.75) is 17.7 Å². The van der Waals surface area contributed by atoms with Gasteiger partial charge in [-0.3, -0.25) is 4.79 Å². The molecule has 25 heavy (non-hydrogen) atoms. The Hall–Kier alpha value is -1.48. The zero-order valence-electron chi connectivity index (χ0n) is 14.3. The van der Waals surface area contributed by atoms with Crippen molar-refractivity contribution in [3.63, 3.8) is 0 Å². The number of likely N-dealkylation sites (tertiary alicyclic amines) is 1. The molecule has 0 unspecified atom stereocenters. The first-order valence-electron chi connectivity index (χ1n) is 8.76. The van der Waals surface area contributed by atoms with Crippen LogP contribution in [0.1, 0.15) is 23.2 Å². The van der Waals surface area contributed by atoms with Gasteiger partial charge in [-0.25, -0.2) is 8.42 Å². The van der Waals surface area contributed by atoms with Gasteiger partial charge in [0.2, 0.25) is 10.0 Å². The van der Waals surface area contributed by atoms with E-state index in [2.05, 4.69) is 10.2 Å². The minimum Gasteiger partial charge on any atom is -0.379 e. The summed E-state index contributed by atoms with van der Waals surface area (Å²) in [5.41, 5.74) is 0.474. The second kappa shape index (κ2) is 8.27. The van der Waals surface area contributed by atoms with Crippen LogP contribution in [0.5, 0.6) is 0 Å². The summed E-state index contributed by atoms with van der Waals surface area (Å²) in [7, 11) is -3.52. The van der Waals surface area contributed by atoms with Crippen molar-refractivity contribution in [2.75, 3.05) is 52.5 Å². The summed E-state index contributed by atoms with van der Waals surface area (Å²) in [6, 6.07) is 6.14. The number of amides is 1. The zero-order chi connectivity index (χ0) is 17.7. The number of ether oxygens (including phenoxy) is 1. The molecule has 2 heterocycles. The third-order valence-corrected chi connectivity index (χ3v) is 6.55. The van der Waals surface area contributed by atoms with Gasteiger partial charge in [0.05, 0.1) is 18.1 Å². The molecule has 1 amide bonds. The predicted octanol–water partition coefficient (Wildman–Crippen LogP) is 0.533. The van der Waals surface area contributed by atoms with Gasteiger partial charge in [-0.05, 0) is 50.2 Å². The van der Waals surface area contributed by atoms with Gasteiger partial charge in [0.15, 0.2) is 0 Å². The minimum absolute atomic E-state index is 0.172. The van der Waals surface area contributed by atoms with Crippen LogP contribution in [0, 0.1) is 0 Å². The van der Waals surface area contributed by atoms with Gasteiger partial charge in [-0.1, -0.05) is 0 Å². The van der Waals surface area contributed by atoms with E-state index in [9.17, 15) is 13.2 Å². The Morgan fingerprint density at radius 2 is 1.68 bits per heavy atom. The molecule has 0 aliphatic carbocycles. The highest BCUT2D eigenvalue weighted by Crippen LogP contribution is 2.17. The van der Waals surface area contributed by atoms with Crippen LogP contribution in [0.25, 0.3) is 0 Å². The summed E-state index contributed by atoms with van der Waals surface area (Å²) in [4.78, 5) is 14.7. The molecule has 0 atom stereocenters. The fourth-order valence-electron chi connectivity index (χ4n) is 3.15. The summed E-state index contributed by atoms with van der Waals surface area (Å²) >= 11 is 0. The molecule has 8 heteroatoms. The first kappa shape index (κ1) is 18.3. The topological polar surface area (TPSA) is 79.0 Å². The van der Waals surface area contributed by atoms with E-state index in [-0.39, 0.29) is 10.8 Å². The number of nitrogens with zero attached hydrogens (tertiary/aromatic N) is 2. The fourth-order valence-corrected chi connectivity index (χ4v) is 4.56. The molecule has 2 fully saturated rings. The number of morpholine rings is 1. The molecule has 2 aliphatic rings. The van der Waals surface area contributed by atoms with E-state index in [1.165, 1.54) is 29.3 Å². The fraction of sp³-hybridized carbons (Fsp3) is 0.588. The number of carbonyl (C=O) groups excluding carboxylic acids is 1. The average Bonchev–Trinajstić information content (AvgIpc) is 3.16. The number of benzene rings is 1. The number of hydrogen-bond donors (Lipinski definition) is 1. The largest absolute Gasteiger partial charge is 0.379 e. The third-order valence-electron chi connectivity index (χ3n) is 4.64. The van der Waals surface area contributed by atoms with Gasteiger partial charge < -0.3 is 15.0 Å². The van der Waals surface area contributed by atoms with Crippen molar-refractivity contribution >= 4 is 15.9 Å². The first-order chi connectivity index (χ1) is 12.1. The van der Waals surface area contributed by atoms with Crippen molar-refractivity contribution in [3.8, 4) is 0 Å². The van der Waals surface area contributed by atoms with Gasteiger partial charge in [0.1, 0.15) is 0 Å². The quantitative estimate of drug-likeness (QED) is 0.794. The number of sulfonamides is 1. The van der Waals surface area contributed by atoms with Crippen LogP contribution >= 0.6 is 0 Å². The maximum Gasteiger partial charge on any atom is 0.251 e. The monoisotopic (exact) mass is 367 g/mol. The van der Waals surface area contributed by atoms with Crippen LogP contribution in [-0.2, 0) is 14.8 Å². The van der Waals surface area contributed by atoms with Gasteiger partial charge in [0, 0.05) is 31.7 Å². The summed E-state index contributed by atoms with van der Waals surface area (Å²) < 4.78 is 31.7. The van der Waals surface area contributed by atoms with E-state index < -0.39 is 10.0 Å². The van der Waals surface area contributed by atoms with Crippen molar-refractivity contribution in [1.29, 1.82) is 0 Å². The first-order valence-corrected chi connectivity index (χ1v) is 10.2. The van der Waals surface area contributed by atoms with Crippen molar-refractivity contribution in [1.82, 2.24) is 14.5 Å². The van der Waals surface area contributed by atoms with Crippen molar-refractivity contribution in [2.24, 2.45) is 0 Å². The number of hydrogen-bond acceptors (Lipinski definition) is 5. The maximum absolute atomic E-state index is 12.6. The van der Waals surface area contributed by atoms with E-state index in [4.69, 9.17) is 4.74 Å². The van der Waals surface area contributed by atoms with Crippen LogP contribution in [0.2, 0.25) is 0 Å². The highest BCUT2D eigenvalue weighted by Gasteiger charge is 2.26. The van der Waals surface area contributed by atoms with Gasteiger partial charge in [-0.15, -0.1) is 0 Å². The Bertz CT molecular complexity index is 678. The molecular formula is C17H25N3O4S. The molecule has 2 saturated heterocycles. The standard InChI is InChI=1S/C17H25N3O4S/c21-17(18-7-10-19-8-1-2-9-19)15-3-5-16(6-4-15)25(22,23)20-11-13-24-14-12-20/h3-6H,1-2,7-14H2,(H,18,21). The molecule has 138 valence electrons. The molecule has 7 nitrogen and oxygen atoms in total. The minimum atomic E-state index is -3.52. The number of nitrogens with one attached hydrogen (secondary N) is 1. The maximum atomic E-state index is 12.6. The molecule has 0 radical (unpaired) electrons. The van der Waals surface area contributed by atoms with E-state index in [0.29, 0.717) is 38.4 Å². The van der Waals surface area contributed by atoms with E-state index >= 15 is 0 Å². The molecule has 0 saturated carbocycles. The van der Waals surface area contributed by atoms with Crippen LogP contribution in [-0.4, -0.2) is 76.0 Å². The summed E-state index contributed by atoms with van der Waals surface area (Å²) in [5, 5.41) is 2.89. The molecular weight excluding hydrogens is 342 g/mol. The predicted molar refractivity (Wildman–Crippen MR) is 94.0 cm³/mol. The third kappa shape index (κ3) is 4.58. The molecule has 1 N–H and O–H groups in total. The Kier molecular flexibility index (Phi) is 6.06. The van der Waals surface area contributed by atoms with Gasteiger partial charge >= 0.3 is 0 Å². The molecule has 1 aromatic rings. The normalized spacial score (nSPS) is 19.8. The second-order valence-corrected chi connectivity index (χ2v) is 8.28. The second-order valence-electron chi connectivity index (χ2n) is 6.35. The summed E-state index contributed by atoms with van der Waals surface area (Å²) in [6.45, 7) is 5.21. The van der Waals surface area contributed by atoms with Crippen LogP contribution in [0.4, 0.5) is 0 Å². The smallest absolute Gasteiger partial charge is 0.251 e. The van der Waals surface area contributed by atoms with Crippen LogP contribution in [0.3, 0.4) is 0 Å².